The second-order valence-electron chi connectivity index (χ2n) is 6.78. The van der Waals surface area contributed by atoms with Crippen LogP contribution in [0.3, 0.4) is 0 Å². The smallest absolute Gasteiger partial charge is 0.165 e. The molecule has 2 heterocycles. The Hall–Kier alpha value is -2.47. The van der Waals surface area contributed by atoms with Crippen LogP contribution in [0, 0.1) is 0 Å². The van der Waals surface area contributed by atoms with Gasteiger partial charge in [0.05, 0.1) is 30.7 Å². The van der Waals surface area contributed by atoms with Gasteiger partial charge in [0.15, 0.2) is 5.75 Å². The van der Waals surface area contributed by atoms with E-state index in [4.69, 9.17) is 4.74 Å². The molecule has 25 heavy (non-hydrogen) atoms. The summed E-state index contributed by atoms with van der Waals surface area (Å²) in [4.78, 5) is 7.44. The van der Waals surface area contributed by atoms with Crippen LogP contribution in [0.2, 0.25) is 0 Å². The van der Waals surface area contributed by atoms with Crippen molar-refractivity contribution < 1.29 is 9.84 Å². The van der Waals surface area contributed by atoms with Crippen LogP contribution < -0.4 is 10.1 Å². The predicted molar refractivity (Wildman–Crippen MR) is 98.1 cm³/mol. The van der Waals surface area contributed by atoms with Crippen molar-refractivity contribution in [2.75, 3.05) is 12.4 Å². The molecule has 6 nitrogen and oxygen atoms in total. The van der Waals surface area contributed by atoms with Crippen molar-refractivity contribution in [1.29, 1.82) is 0 Å². The summed E-state index contributed by atoms with van der Waals surface area (Å²) < 4.78 is 7.76. The topological polar surface area (TPSA) is 75.1 Å². The van der Waals surface area contributed by atoms with Crippen LogP contribution in [0.4, 0.5) is 5.69 Å². The summed E-state index contributed by atoms with van der Waals surface area (Å²) in [6.45, 7) is 0.750. The van der Waals surface area contributed by atoms with Crippen LogP contribution in [0.15, 0.2) is 37.1 Å². The van der Waals surface area contributed by atoms with Crippen molar-refractivity contribution in [2.45, 2.75) is 44.4 Å². The standard InChI is InChI=1S/C19H24N4O2/c1-25-19-17(22-14-3-2-4-15(24)10-14)9-13(11-23-8-7-20-12-23)16-5-6-21-18(16)19/h5-9,12,14-15,21-22,24H,2-4,10-11H2,1H3/t14-,15-/m0/s1. The van der Waals surface area contributed by atoms with Crippen molar-refractivity contribution in [3.8, 4) is 5.75 Å². The van der Waals surface area contributed by atoms with Crippen LogP contribution in [0.25, 0.3) is 10.9 Å². The summed E-state index contributed by atoms with van der Waals surface area (Å²) >= 11 is 0. The molecule has 2 aromatic heterocycles. The molecule has 0 radical (unpaired) electrons. The fourth-order valence-electron chi connectivity index (χ4n) is 3.82. The number of aromatic amines is 1. The molecule has 3 aromatic rings. The van der Waals surface area contributed by atoms with Gasteiger partial charge in [-0.1, -0.05) is 0 Å². The van der Waals surface area contributed by atoms with Crippen LogP contribution in [0.5, 0.6) is 5.75 Å². The minimum absolute atomic E-state index is 0.211. The molecule has 1 fully saturated rings. The summed E-state index contributed by atoms with van der Waals surface area (Å²) in [6.07, 6.45) is 11.1. The molecule has 1 aliphatic rings. The predicted octanol–water partition coefficient (Wildman–Crippen LogP) is 3.14. The Morgan fingerprint density at radius 3 is 3.12 bits per heavy atom. The molecular weight excluding hydrogens is 316 g/mol. The van der Waals surface area contributed by atoms with E-state index in [0.717, 1.165) is 54.6 Å². The maximum atomic E-state index is 9.96. The van der Waals surface area contributed by atoms with Gasteiger partial charge in [-0.3, -0.25) is 0 Å². The van der Waals surface area contributed by atoms with Gasteiger partial charge in [0.25, 0.3) is 0 Å². The third-order valence-corrected chi connectivity index (χ3v) is 5.01. The first kappa shape index (κ1) is 16.0. The van der Waals surface area contributed by atoms with E-state index in [9.17, 15) is 5.11 Å². The van der Waals surface area contributed by atoms with Gasteiger partial charge in [-0.25, -0.2) is 4.98 Å². The lowest BCUT2D eigenvalue weighted by molar-refractivity contribution is 0.124. The molecule has 132 valence electrons. The molecule has 1 saturated carbocycles. The molecule has 0 bridgehead atoms. The number of fused-ring (bicyclic) bond motifs is 1. The molecule has 0 saturated heterocycles. The zero-order valence-electron chi connectivity index (χ0n) is 14.4. The molecule has 2 atom stereocenters. The Bertz CT molecular complexity index is 841. The van der Waals surface area contributed by atoms with Crippen LogP contribution in [-0.4, -0.2) is 38.9 Å². The minimum Gasteiger partial charge on any atom is -0.492 e. The van der Waals surface area contributed by atoms with Crippen LogP contribution >= 0.6 is 0 Å². The number of benzene rings is 1. The van der Waals surface area contributed by atoms with E-state index in [1.165, 1.54) is 5.56 Å². The van der Waals surface area contributed by atoms with Gasteiger partial charge in [0, 0.05) is 36.6 Å². The average Bonchev–Trinajstić information content (AvgIpc) is 3.27. The molecule has 0 unspecified atom stereocenters. The Labute approximate surface area is 146 Å². The van der Waals surface area contributed by atoms with Gasteiger partial charge in [-0.2, -0.15) is 0 Å². The van der Waals surface area contributed by atoms with Gasteiger partial charge in [-0.15, -0.1) is 0 Å². The lowest BCUT2D eigenvalue weighted by Crippen LogP contribution is -2.30. The summed E-state index contributed by atoms with van der Waals surface area (Å²) in [5.74, 6) is 0.828. The molecule has 0 amide bonds. The van der Waals surface area contributed by atoms with Crippen molar-refractivity contribution in [3.05, 3.63) is 42.6 Å². The second kappa shape index (κ2) is 6.80. The highest BCUT2D eigenvalue weighted by atomic mass is 16.5. The zero-order valence-corrected chi connectivity index (χ0v) is 14.4. The Kier molecular flexibility index (Phi) is 4.36. The highest BCUT2D eigenvalue weighted by Crippen LogP contribution is 2.37. The first-order valence-electron chi connectivity index (χ1n) is 8.82. The van der Waals surface area contributed by atoms with Crippen molar-refractivity contribution in [2.24, 2.45) is 0 Å². The maximum absolute atomic E-state index is 9.96. The first-order chi connectivity index (χ1) is 12.2. The lowest BCUT2D eigenvalue weighted by Gasteiger charge is -2.28. The number of aromatic nitrogens is 3. The average molecular weight is 340 g/mol. The Morgan fingerprint density at radius 2 is 2.36 bits per heavy atom. The van der Waals surface area contributed by atoms with Gasteiger partial charge in [0.2, 0.25) is 0 Å². The van der Waals surface area contributed by atoms with E-state index in [1.807, 2.05) is 18.7 Å². The van der Waals surface area contributed by atoms with E-state index in [1.54, 1.807) is 13.3 Å². The number of anilines is 1. The van der Waals surface area contributed by atoms with E-state index in [2.05, 4.69) is 32.0 Å². The number of aliphatic hydroxyl groups is 1. The highest BCUT2D eigenvalue weighted by Gasteiger charge is 2.22. The third-order valence-electron chi connectivity index (χ3n) is 5.01. The number of nitrogens with one attached hydrogen (secondary N) is 2. The second-order valence-corrected chi connectivity index (χ2v) is 6.78. The number of H-pyrrole nitrogens is 1. The highest BCUT2D eigenvalue weighted by molar-refractivity contribution is 5.93. The molecule has 0 spiro atoms. The minimum atomic E-state index is -0.211. The largest absolute Gasteiger partial charge is 0.492 e. The van der Waals surface area contributed by atoms with Gasteiger partial charge < -0.3 is 24.7 Å². The molecule has 4 rings (SSSR count). The number of aliphatic hydroxyl groups excluding tert-OH is 1. The molecule has 6 heteroatoms. The van der Waals surface area contributed by atoms with Crippen LogP contribution in [0.1, 0.15) is 31.2 Å². The summed E-state index contributed by atoms with van der Waals surface area (Å²) in [6, 6.07) is 4.51. The summed E-state index contributed by atoms with van der Waals surface area (Å²) in [5, 5.41) is 14.7. The number of hydrogen-bond donors (Lipinski definition) is 3. The molecular formula is C19H24N4O2. The molecule has 0 aliphatic heterocycles. The Morgan fingerprint density at radius 1 is 1.44 bits per heavy atom. The van der Waals surface area contributed by atoms with E-state index < -0.39 is 0 Å². The Balaban J connectivity index is 1.71. The quantitative estimate of drug-likeness (QED) is 0.667. The van der Waals surface area contributed by atoms with E-state index >= 15 is 0 Å². The van der Waals surface area contributed by atoms with E-state index in [-0.39, 0.29) is 12.1 Å². The SMILES string of the molecule is COc1c(N[C@H]2CCC[C@H](O)C2)cc(Cn2ccnc2)c2cc[nH]c12. The number of nitrogens with zero attached hydrogens (tertiary/aromatic N) is 2. The molecule has 3 N–H and O–H groups in total. The fourth-order valence-corrected chi connectivity index (χ4v) is 3.82. The fraction of sp³-hybridized carbons (Fsp3) is 0.421. The number of ether oxygens (including phenoxy) is 1. The zero-order chi connectivity index (χ0) is 17.2. The normalized spacial score (nSPS) is 20.7. The van der Waals surface area contributed by atoms with Gasteiger partial charge >= 0.3 is 0 Å². The number of rotatable bonds is 5. The maximum Gasteiger partial charge on any atom is 0.165 e. The van der Waals surface area contributed by atoms with Crippen molar-refractivity contribution in [3.63, 3.8) is 0 Å². The number of hydrogen-bond acceptors (Lipinski definition) is 4. The van der Waals surface area contributed by atoms with E-state index in [0.29, 0.717) is 0 Å². The molecule has 1 aromatic carbocycles. The monoisotopic (exact) mass is 340 g/mol. The third kappa shape index (κ3) is 3.22. The first-order valence-corrected chi connectivity index (χ1v) is 8.82. The number of imidazole rings is 1. The molecule has 1 aliphatic carbocycles. The summed E-state index contributed by atoms with van der Waals surface area (Å²) in [7, 11) is 1.70. The number of methoxy groups -OCH3 is 1. The van der Waals surface area contributed by atoms with Gasteiger partial charge in [-0.05, 0) is 43.4 Å². The van der Waals surface area contributed by atoms with Crippen molar-refractivity contribution >= 4 is 16.6 Å². The summed E-state index contributed by atoms with van der Waals surface area (Å²) in [5.41, 5.74) is 3.18. The van der Waals surface area contributed by atoms with Gasteiger partial charge in [0.1, 0.15) is 0 Å². The lowest BCUT2D eigenvalue weighted by atomic mass is 9.92. The van der Waals surface area contributed by atoms with Crippen molar-refractivity contribution in [1.82, 2.24) is 14.5 Å². The van der Waals surface area contributed by atoms with Crippen LogP contribution in [-0.2, 0) is 6.54 Å².